The highest BCUT2D eigenvalue weighted by molar-refractivity contribution is 5.42. The van der Waals surface area contributed by atoms with Crippen molar-refractivity contribution in [2.45, 2.75) is 20.0 Å². The van der Waals surface area contributed by atoms with Gasteiger partial charge in [0.05, 0.1) is 32.7 Å². The van der Waals surface area contributed by atoms with Crippen molar-refractivity contribution in [2.24, 2.45) is 0 Å². The molecule has 0 fully saturated rings. The van der Waals surface area contributed by atoms with Crippen LogP contribution in [0.25, 0.3) is 0 Å². The zero-order valence-electron chi connectivity index (χ0n) is 11.3. The summed E-state index contributed by atoms with van der Waals surface area (Å²) in [5, 5.41) is 3.20. The zero-order valence-corrected chi connectivity index (χ0v) is 11.3. The molecule has 2 heterocycles. The summed E-state index contributed by atoms with van der Waals surface area (Å²) in [6.45, 7) is 2.95. The molecule has 0 aromatic carbocycles. The van der Waals surface area contributed by atoms with E-state index in [9.17, 15) is 0 Å². The number of hydrogen-bond donors (Lipinski definition) is 1. The Hall–Kier alpha value is -2.08. The van der Waals surface area contributed by atoms with Gasteiger partial charge in [-0.05, 0) is 6.92 Å². The maximum Gasteiger partial charge on any atom is 0.208 e. The first kappa shape index (κ1) is 13.4. The number of aryl methyl sites for hydroxylation is 1. The molecule has 0 radical (unpaired) electrons. The molecule has 0 saturated heterocycles. The fraction of sp³-hybridized carbons (Fsp3) is 0.385. The number of methoxy groups -OCH3 is 2. The van der Waals surface area contributed by atoms with Crippen LogP contribution in [0.5, 0.6) is 11.5 Å². The Morgan fingerprint density at radius 1 is 1.21 bits per heavy atom. The normalized spacial score (nSPS) is 10.5. The second kappa shape index (κ2) is 6.19. The van der Waals surface area contributed by atoms with Gasteiger partial charge >= 0.3 is 0 Å². The number of nitrogens with zero attached hydrogens (tertiary/aromatic N) is 2. The topological polar surface area (TPSA) is 69.4 Å². The molecule has 0 atom stereocenters. The fourth-order valence-electron chi connectivity index (χ4n) is 1.75. The average molecular weight is 263 g/mol. The second-order valence-corrected chi connectivity index (χ2v) is 3.96. The van der Waals surface area contributed by atoms with Crippen LogP contribution in [0.15, 0.2) is 22.9 Å². The van der Waals surface area contributed by atoms with Gasteiger partial charge in [-0.25, -0.2) is 4.98 Å². The molecule has 0 bridgehead atoms. The van der Waals surface area contributed by atoms with Gasteiger partial charge in [-0.2, -0.15) is 0 Å². The van der Waals surface area contributed by atoms with Gasteiger partial charge in [-0.15, -0.1) is 0 Å². The lowest BCUT2D eigenvalue weighted by molar-refractivity contribution is 0.347. The molecule has 2 rings (SSSR count). The van der Waals surface area contributed by atoms with Crippen LogP contribution >= 0.6 is 0 Å². The number of ether oxygens (including phenoxy) is 2. The van der Waals surface area contributed by atoms with Crippen LogP contribution in [0.3, 0.4) is 0 Å². The molecule has 2 aromatic rings. The van der Waals surface area contributed by atoms with Gasteiger partial charge < -0.3 is 19.2 Å². The third-order valence-electron chi connectivity index (χ3n) is 2.60. The van der Waals surface area contributed by atoms with Crippen molar-refractivity contribution < 1.29 is 13.9 Å². The predicted octanol–water partition coefficient (Wildman–Crippen LogP) is 1.69. The molecule has 1 N–H and O–H groups in total. The predicted molar refractivity (Wildman–Crippen MR) is 69.1 cm³/mol. The van der Waals surface area contributed by atoms with Crippen LogP contribution in [-0.4, -0.2) is 24.2 Å². The number of pyridine rings is 1. The van der Waals surface area contributed by atoms with E-state index in [0.717, 1.165) is 11.5 Å². The maximum absolute atomic E-state index is 5.37. The van der Waals surface area contributed by atoms with Crippen molar-refractivity contribution in [3.63, 3.8) is 0 Å². The first-order valence-corrected chi connectivity index (χ1v) is 5.92. The monoisotopic (exact) mass is 263 g/mol. The number of oxazole rings is 1. The highest BCUT2D eigenvalue weighted by atomic mass is 16.5. The lowest BCUT2D eigenvalue weighted by atomic mass is 10.3. The summed E-state index contributed by atoms with van der Waals surface area (Å²) in [5.41, 5.74) is 0.783. The molecule has 0 saturated carbocycles. The summed E-state index contributed by atoms with van der Waals surface area (Å²) < 4.78 is 15.9. The van der Waals surface area contributed by atoms with Crippen LogP contribution < -0.4 is 14.8 Å². The largest absolute Gasteiger partial charge is 0.493 e. The SMILES string of the molecule is COc1ccnc(CNCc2ncc(C)o2)c1OC. The molecule has 102 valence electrons. The first-order valence-electron chi connectivity index (χ1n) is 5.92. The maximum atomic E-state index is 5.37. The fourth-order valence-corrected chi connectivity index (χ4v) is 1.75. The van der Waals surface area contributed by atoms with Crippen LogP contribution in [0, 0.1) is 6.92 Å². The first-order chi connectivity index (χ1) is 9.24. The third kappa shape index (κ3) is 3.23. The minimum atomic E-state index is 0.538. The van der Waals surface area contributed by atoms with Crippen LogP contribution in [0.2, 0.25) is 0 Å². The van der Waals surface area contributed by atoms with Crippen molar-refractivity contribution >= 4 is 0 Å². The molecule has 0 aliphatic carbocycles. The number of nitrogens with one attached hydrogen (secondary N) is 1. The lowest BCUT2D eigenvalue weighted by Crippen LogP contribution is -2.15. The Balaban J connectivity index is 1.99. The van der Waals surface area contributed by atoms with E-state index < -0.39 is 0 Å². The van der Waals surface area contributed by atoms with Gasteiger partial charge in [0.25, 0.3) is 0 Å². The van der Waals surface area contributed by atoms with E-state index in [-0.39, 0.29) is 0 Å². The molecule has 0 unspecified atom stereocenters. The van der Waals surface area contributed by atoms with Crippen LogP contribution in [-0.2, 0) is 13.1 Å². The minimum Gasteiger partial charge on any atom is -0.493 e. The Bertz CT molecular complexity index is 540. The van der Waals surface area contributed by atoms with E-state index >= 15 is 0 Å². The molecular weight excluding hydrogens is 246 g/mol. The van der Waals surface area contributed by atoms with Crippen molar-refractivity contribution in [1.82, 2.24) is 15.3 Å². The van der Waals surface area contributed by atoms with E-state index in [0.29, 0.717) is 30.5 Å². The molecule has 19 heavy (non-hydrogen) atoms. The van der Waals surface area contributed by atoms with Crippen LogP contribution in [0.1, 0.15) is 17.3 Å². The van der Waals surface area contributed by atoms with Gasteiger partial charge in [0.1, 0.15) is 5.76 Å². The van der Waals surface area contributed by atoms with Crippen molar-refractivity contribution in [1.29, 1.82) is 0 Å². The molecule has 2 aromatic heterocycles. The van der Waals surface area contributed by atoms with Crippen molar-refractivity contribution in [3.8, 4) is 11.5 Å². The van der Waals surface area contributed by atoms with E-state index in [1.54, 1.807) is 32.7 Å². The number of hydrogen-bond acceptors (Lipinski definition) is 6. The van der Waals surface area contributed by atoms with E-state index in [2.05, 4.69) is 15.3 Å². The average Bonchev–Trinajstić information content (AvgIpc) is 2.84. The van der Waals surface area contributed by atoms with Gasteiger partial charge in [0.15, 0.2) is 11.5 Å². The summed E-state index contributed by atoms with van der Waals surface area (Å²) in [5.74, 6) is 2.76. The van der Waals surface area contributed by atoms with Crippen molar-refractivity contribution in [2.75, 3.05) is 14.2 Å². The molecule has 6 nitrogen and oxygen atoms in total. The summed E-state index contributed by atoms with van der Waals surface area (Å²) in [6.07, 6.45) is 3.38. The molecule has 0 aliphatic heterocycles. The third-order valence-corrected chi connectivity index (χ3v) is 2.60. The quantitative estimate of drug-likeness (QED) is 0.855. The molecular formula is C13H17N3O3. The standard InChI is InChI=1S/C13H17N3O3/c1-9-6-16-12(19-9)8-14-7-10-13(18-3)11(17-2)4-5-15-10/h4-6,14H,7-8H2,1-3H3. The molecule has 6 heteroatoms. The summed E-state index contributed by atoms with van der Waals surface area (Å²) in [4.78, 5) is 8.39. The van der Waals surface area contributed by atoms with Gasteiger partial charge in [-0.3, -0.25) is 4.98 Å². The number of aromatic nitrogens is 2. The zero-order chi connectivity index (χ0) is 13.7. The molecule has 0 spiro atoms. The Kier molecular flexibility index (Phi) is 4.35. The van der Waals surface area contributed by atoms with Crippen molar-refractivity contribution in [3.05, 3.63) is 35.8 Å². The Morgan fingerprint density at radius 3 is 2.68 bits per heavy atom. The minimum absolute atomic E-state index is 0.538. The van der Waals surface area contributed by atoms with Gasteiger partial charge in [0, 0.05) is 18.8 Å². The van der Waals surface area contributed by atoms with E-state index in [1.165, 1.54) is 0 Å². The van der Waals surface area contributed by atoms with E-state index in [4.69, 9.17) is 13.9 Å². The van der Waals surface area contributed by atoms with Crippen LogP contribution in [0.4, 0.5) is 0 Å². The number of rotatable bonds is 6. The highest BCUT2D eigenvalue weighted by Gasteiger charge is 2.10. The lowest BCUT2D eigenvalue weighted by Gasteiger charge is -2.11. The smallest absolute Gasteiger partial charge is 0.208 e. The highest BCUT2D eigenvalue weighted by Crippen LogP contribution is 2.28. The summed E-state index contributed by atoms with van der Waals surface area (Å²) >= 11 is 0. The Labute approximate surface area is 111 Å². The van der Waals surface area contributed by atoms with Gasteiger partial charge in [-0.1, -0.05) is 0 Å². The van der Waals surface area contributed by atoms with Gasteiger partial charge in [0.2, 0.25) is 5.89 Å². The summed E-state index contributed by atoms with van der Waals surface area (Å²) in [6, 6.07) is 1.76. The second-order valence-electron chi connectivity index (χ2n) is 3.96. The molecule has 0 aliphatic rings. The van der Waals surface area contributed by atoms with E-state index in [1.807, 2.05) is 6.92 Å². The molecule has 0 amide bonds. The Morgan fingerprint density at radius 2 is 2.05 bits per heavy atom. The summed E-state index contributed by atoms with van der Waals surface area (Å²) in [7, 11) is 3.20.